The molecule has 110 valence electrons. The van der Waals surface area contributed by atoms with Gasteiger partial charge in [-0.3, -0.25) is 14.3 Å². The van der Waals surface area contributed by atoms with E-state index in [9.17, 15) is 9.59 Å². The summed E-state index contributed by atoms with van der Waals surface area (Å²) in [5.74, 6) is -1.11. The van der Waals surface area contributed by atoms with Crippen LogP contribution in [0.3, 0.4) is 0 Å². The molecule has 2 N–H and O–H groups in total. The zero-order valence-corrected chi connectivity index (χ0v) is 12.4. The molecule has 1 aliphatic carbocycles. The maximum Gasteiger partial charge on any atom is 0.311 e. The zero-order chi connectivity index (χ0) is 15.1. The molecule has 0 aromatic carbocycles. The van der Waals surface area contributed by atoms with Crippen LogP contribution in [0, 0.1) is 5.41 Å². The Balaban J connectivity index is 2.07. The van der Waals surface area contributed by atoms with Gasteiger partial charge >= 0.3 is 5.97 Å². The first-order chi connectivity index (χ1) is 9.16. The predicted molar refractivity (Wildman–Crippen MR) is 73.5 cm³/mol. The number of hydrogen-bond donors (Lipinski definition) is 2. The molecule has 1 fully saturated rings. The highest BCUT2D eigenvalue weighted by atomic mass is 16.4. The fourth-order valence-electron chi connectivity index (χ4n) is 2.00. The van der Waals surface area contributed by atoms with E-state index in [0.717, 1.165) is 5.69 Å². The first-order valence-electron chi connectivity index (χ1n) is 6.72. The van der Waals surface area contributed by atoms with E-state index >= 15 is 0 Å². The van der Waals surface area contributed by atoms with Gasteiger partial charge in [0.2, 0.25) is 0 Å². The number of carboxylic acid groups (broad SMARTS) is 1. The number of carbonyl (C=O) groups excluding carboxylic acids is 1. The van der Waals surface area contributed by atoms with Crippen molar-refractivity contribution in [2.45, 2.75) is 39.0 Å². The van der Waals surface area contributed by atoms with Gasteiger partial charge in [0, 0.05) is 19.0 Å². The van der Waals surface area contributed by atoms with E-state index in [2.05, 4.69) is 10.4 Å². The number of rotatable bonds is 4. The second-order valence-electron chi connectivity index (χ2n) is 6.56. The molecular weight excluding hydrogens is 258 g/mol. The van der Waals surface area contributed by atoms with Crippen molar-refractivity contribution in [3.63, 3.8) is 0 Å². The second-order valence-corrected chi connectivity index (χ2v) is 6.56. The molecule has 2 rings (SSSR count). The summed E-state index contributed by atoms with van der Waals surface area (Å²) in [4.78, 5) is 23.2. The molecule has 0 atom stereocenters. The second kappa shape index (κ2) is 4.61. The lowest BCUT2D eigenvalue weighted by Gasteiger charge is -2.13. The number of carboxylic acids is 1. The van der Waals surface area contributed by atoms with E-state index in [0.29, 0.717) is 18.5 Å². The van der Waals surface area contributed by atoms with Gasteiger partial charge < -0.3 is 10.4 Å². The Kier molecular flexibility index (Phi) is 3.36. The van der Waals surface area contributed by atoms with Crippen molar-refractivity contribution >= 4 is 11.9 Å². The summed E-state index contributed by atoms with van der Waals surface area (Å²) in [6.45, 7) is 6.26. The van der Waals surface area contributed by atoms with Crippen molar-refractivity contribution in [2.75, 3.05) is 6.54 Å². The first-order valence-corrected chi connectivity index (χ1v) is 6.72. The van der Waals surface area contributed by atoms with Crippen LogP contribution in [-0.4, -0.2) is 33.3 Å². The van der Waals surface area contributed by atoms with Gasteiger partial charge in [0.05, 0.1) is 11.1 Å². The van der Waals surface area contributed by atoms with Crippen molar-refractivity contribution in [3.05, 3.63) is 17.5 Å². The summed E-state index contributed by atoms with van der Waals surface area (Å²) in [6.07, 6.45) is 1.25. The molecule has 1 amide bonds. The molecule has 1 aliphatic rings. The van der Waals surface area contributed by atoms with Gasteiger partial charge in [-0.2, -0.15) is 5.10 Å². The molecule has 0 radical (unpaired) electrons. The Morgan fingerprint density at radius 2 is 2.05 bits per heavy atom. The summed E-state index contributed by atoms with van der Waals surface area (Å²) in [7, 11) is 1.72. The van der Waals surface area contributed by atoms with E-state index in [4.69, 9.17) is 5.11 Å². The van der Waals surface area contributed by atoms with E-state index < -0.39 is 11.4 Å². The van der Waals surface area contributed by atoms with Crippen molar-refractivity contribution < 1.29 is 14.7 Å². The summed E-state index contributed by atoms with van der Waals surface area (Å²) < 4.78 is 1.54. The van der Waals surface area contributed by atoms with Crippen molar-refractivity contribution in [1.82, 2.24) is 15.1 Å². The Bertz CT molecular complexity index is 551. The third-order valence-corrected chi connectivity index (χ3v) is 3.78. The molecule has 0 aliphatic heterocycles. The van der Waals surface area contributed by atoms with Crippen LogP contribution in [0.15, 0.2) is 6.07 Å². The van der Waals surface area contributed by atoms with Gasteiger partial charge in [-0.15, -0.1) is 0 Å². The van der Waals surface area contributed by atoms with Crippen LogP contribution in [0.1, 0.15) is 49.8 Å². The zero-order valence-electron chi connectivity index (χ0n) is 12.4. The molecule has 0 spiro atoms. The number of amides is 1. The molecule has 1 saturated carbocycles. The Morgan fingerprint density at radius 1 is 1.45 bits per heavy atom. The SMILES string of the molecule is Cn1nc(C(C)(C)C)cc1C(=O)NCC1(C(=O)O)CC1. The Labute approximate surface area is 118 Å². The fraction of sp³-hybridized carbons (Fsp3) is 0.643. The van der Waals surface area contributed by atoms with Gasteiger partial charge in [-0.25, -0.2) is 0 Å². The maximum atomic E-state index is 12.1. The Morgan fingerprint density at radius 3 is 2.45 bits per heavy atom. The summed E-state index contributed by atoms with van der Waals surface area (Å²) >= 11 is 0. The lowest BCUT2D eigenvalue weighted by Crippen LogP contribution is -2.35. The molecule has 6 nitrogen and oxygen atoms in total. The largest absolute Gasteiger partial charge is 0.481 e. The van der Waals surface area contributed by atoms with Crippen LogP contribution < -0.4 is 5.32 Å². The van der Waals surface area contributed by atoms with Crippen LogP contribution in [0.2, 0.25) is 0 Å². The third-order valence-electron chi connectivity index (χ3n) is 3.78. The van der Waals surface area contributed by atoms with Crippen LogP contribution in [0.4, 0.5) is 0 Å². The average molecular weight is 279 g/mol. The smallest absolute Gasteiger partial charge is 0.311 e. The monoisotopic (exact) mass is 279 g/mol. The van der Waals surface area contributed by atoms with Gasteiger partial charge in [-0.05, 0) is 18.9 Å². The normalized spacial score (nSPS) is 16.8. The molecule has 0 saturated heterocycles. The van der Waals surface area contributed by atoms with E-state index in [1.807, 2.05) is 20.8 Å². The molecule has 0 unspecified atom stereocenters. The van der Waals surface area contributed by atoms with Gasteiger partial charge in [-0.1, -0.05) is 20.8 Å². The van der Waals surface area contributed by atoms with Crippen LogP contribution in [0.5, 0.6) is 0 Å². The standard InChI is InChI=1S/C14H21N3O3/c1-13(2,3)10-7-9(17(4)16-10)11(18)15-8-14(5-6-14)12(19)20/h7H,5-6,8H2,1-4H3,(H,15,18)(H,19,20). The topological polar surface area (TPSA) is 84.2 Å². The number of carbonyl (C=O) groups is 2. The minimum atomic E-state index is -0.835. The number of aliphatic carboxylic acids is 1. The van der Waals surface area contributed by atoms with E-state index in [1.54, 1.807) is 13.1 Å². The lowest BCUT2D eigenvalue weighted by molar-refractivity contribution is -0.143. The minimum absolute atomic E-state index is 0.130. The number of hydrogen-bond acceptors (Lipinski definition) is 3. The van der Waals surface area contributed by atoms with Crippen molar-refractivity contribution in [2.24, 2.45) is 12.5 Å². The average Bonchev–Trinajstić information content (AvgIpc) is 3.02. The van der Waals surface area contributed by atoms with E-state index in [1.165, 1.54) is 4.68 Å². The highest BCUT2D eigenvalue weighted by Gasteiger charge is 2.50. The van der Waals surface area contributed by atoms with Gasteiger partial charge in [0.15, 0.2) is 0 Å². The molecule has 1 aromatic rings. The maximum absolute atomic E-state index is 12.1. The first kappa shape index (κ1) is 14.6. The number of nitrogens with one attached hydrogen (secondary N) is 1. The molecule has 20 heavy (non-hydrogen) atoms. The molecular formula is C14H21N3O3. The predicted octanol–water partition coefficient (Wildman–Crippen LogP) is 1.31. The van der Waals surface area contributed by atoms with Crippen LogP contribution in [0.25, 0.3) is 0 Å². The van der Waals surface area contributed by atoms with Crippen molar-refractivity contribution in [3.8, 4) is 0 Å². The minimum Gasteiger partial charge on any atom is -0.481 e. The number of aryl methyl sites for hydroxylation is 1. The van der Waals surface area contributed by atoms with E-state index in [-0.39, 0.29) is 17.9 Å². The quantitative estimate of drug-likeness (QED) is 0.870. The summed E-state index contributed by atoms with van der Waals surface area (Å²) in [5, 5.41) is 16.1. The molecule has 6 heteroatoms. The van der Waals surface area contributed by atoms with Crippen LogP contribution >= 0.6 is 0 Å². The number of nitrogens with zero attached hydrogens (tertiary/aromatic N) is 2. The fourth-order valence-corrected chi connectivity index (χ4v) is 2.00. The summed E-state index contributed by atoms with van der Waals surface area (Å²) in [5.41, 5.74) is 0.413. The lowest BCUT2D eigenvalue weighted by atomic mass is 9.92. The number of aromatic nitrogens is 2. The molecule has 0 bridgehead atoms. The highest BCUT2D eigenvalue weighted by Crippen LogP contribution is 2.45. The van der Waals surface area contributed by atoms with Gasteiger partial charge in [0.25, 0.3) is 5.91 Å². The van der Waals surface area contributed by atoms with Gasteiger partial charge in [0.1, 0.15) is 5.69 Å². The molecule has 1 aromatic heterocycles. The summed E-state index contributed by atoms with van der Waals surface area (Å²) in [6, 6.07) is 1.76. The van der Waals surface area contributed by atoms with Crippen molar-refractivity contribution in [1.29, 1.82) is 0 Å². The third kappa shape index (κ3) is 2.69. The highest BCUT2D eigenvalue weighted by molar-refractivity contribution is 5.93. The van der Waals surface area contributed by atoms with Crippen LogP contribution in [-0.2, 0) is 17.3 Å². The molecule has 1 heterocycles. The Hall–Kier alpha value is -1.85.